The normalized spacial score (nSPS) is 12.0. The van der Waals surface area contributed by atoms with Gasteiger partial charge in [-0.2, -0.15) is 5.10 Å². The average Bonchev–Trinajstić information content (AvgIpc) is 3.08. The van der Waals surface area contributed by atoms with Crippen molar-refractivity contribution in [1.29, 1.82) is 0 Å². The fraction of sp³-hybridized carbons (Fsp3) is 0.200. The van der Waals surface area contributed by atoms with Crippen LogP contribution in [-0.4, -0.2) is 33.6 Å². The Hall–Kier alpha value is -2.64. The lowest BCUT2D eigenvalue weighted by Gasteiger charge is -2.12. The van der Waals surface area contributed by atoms with Gasteiger partial charge in [-0.3, -0.25) is 9.48 Å². The van der Waals surface area contributed by atoms with E-state index in [9.17, 15) is 14.3 Å². The second-order valence-electron chi connectivity index (χ2n) is 6.04. The molecule has 1 aromatic heterocycles. The summed E-state index contributed by atoms with van der Waals surface area (Å²) in [5.41, 5.74) is 2.40. The molecule has 0 saturated heterocycles. The highest BCUT2D eigenvalue weighted by atomic mass is 32.2. The van der Waals surface area contributed by atoms with Gasteiger partial charge in [-0.15, -0.1) is 11.8 Å². The number of thioether (sulfide) groups is 1. The minimum absolute atomic E-state index is 0.0918. The highest BCUT2D eigenvalue weighted by molar-refractivity contribution is 7.98. The van der Waals surface area contributed by atoms with E-state index in [1.807, 2.05) is 30.5 Å². The Morgan fingerprint density at radius 3 is 2.52 bits per heavy atom. The van der Waals surface area contributed by atoms with Crippen LogP contribution in [-0.2, 0) is 7.05 Å². The Morgan fingerprint density at radius 1 is 1.22 bits per heavy atom. The summed E-state index contributed by atoms with van der Waals surface area (Å²) >= 11 is 1.63. The minimum atomic E-state index is -0.797. The zero-order valence-electron chi connectivity index (χ0n) is 15.0. The number of amides is 1. The van der Waals surface area contributed by atoms with E-state index in [0.717, 1.165) is 16.0 Å². The maximum atomic E-state index is 13.1. The van der Waals surface area contributed by atoms with Crippen LogP contribution in [0.5, 0.6) is 0 Å². The Balaban J connectivity index is 1.66. The first kappa shape index (κ1) is 19.1. The molecular formula is C20H20FN3O2S. The lowest BCUT2D eigenvalue weighted by molar-refractivity contribution is 0.0907. The first-order valence-electron chi connectivity index (χ1n) is 8.38. The molecule has 0 fully saturated rings. The SMILES string of the molecule is CSc1ccc([C@H](O)CNC(=O)c2cc(-c3ccc(F)cc3)nn2C)cc1. The molecule has 0 aliphatic carbocycles. The largest absolute Gasteiger partial charge is 0.387 e. The Bertz CT molecular complexity index is 923. The summed E-state index contributed by atoms with van der Waals surface area (Å²) in [6.45, 7) is 0.0918. The van der Waals surface area contributed by atoms with Crippen molar-refractivity contribution in [3.63, 3.8) is 0 Å². The van der Waals surface area contributed by atoms with Crippen LogP contribution in [0.2, 0.25) is 0 Å². The first-order chi connectivity index (χ1) is 13.0. The molecule has 0 spiro atoms. The van der Waals surface area contributed by atoms with Crippen molar-refractivity contribution in [3.05, 3.63) is 71.7 Å². The Kier molecular flexibility index (Phi) is 5.93. The number of hydrogen-bond acceptors (Lipinski definition) is 4. The van der Waals surface area contributed by atoms with E-state index in [0.29, 0.717) is 11.4 Å². The Morgan fingerprint density at radius 2 is 1.89 bits per heavy atom. The van der Waals surface area contributed by atoms with E-state index in [1.165, 1.54) is 16.8 Å². The molecular weight excluding hydrogens is 365 g/mol. The lowest BCUT2D eigenvalue weighted by atomic mass is 10.1. The van der Waals surface area contributed by atoms with Crippen molar-refractivity contribution in [2.45, 2.75) is 11.0 Å². The van der Waals surface area contributed by atoms with Crippen LogP contribution >= 0.6 is 11.8 Å². The third-order valence-electron chi connectivity index (χ3n) is 4.21. The predicted molar refractivity (Wildman–Crippen MR) is 104 cm³/mol. The van der Waals surface area contributed by atoms with Crippen LogP contribution in [0, 0.1) is 5.82 Å². The third kappa shape index (κ3) is 4.56. The summed E-state index contributed by atoms with van der Waals surface area (Å²) < 4.78 is 14.5. The van der Waals surface area contributed by atoms with Crippen LogP contribution in [0.3, 0.4) is 0 Å². The van der Waals surface area contributed by atoms with E-state index in [4.69, 9.17) is 0 Å². The lowest BCUT2D eigenvalue weighted by Crippen LogP contribution is -2.29. The van der Waals surface area contributed by atoms with Crippen molar-refractivity contribution < 1.29 is 14.3 Å². The minimum Gasteiger partial charge on any atom is -0.387 e. The predicted octanol–water partition coefficient (Wildman–Crippen LogP) is 3.41. The maximum Gasteiger partial charge on any atom is 0.269 e. The van der Waals surface area contributed by atoms with Gasteiger partial charge < -0.3 is 10.4 Å². The standard InChI is InChI=1S/C20H20FN3O2S/c1-24-18(11-17(23-24)13-3-7-15(21)8-4-13)20(26)22-12-19(25)14-5-9-16(27-2)10-6-14/h3-11,19,25H,12H2,1-2H3,(H,22,26)/t19-/m1/s1. The molecule has 0 unspecified atom stereocenters. The zero-order chi connectivity index (χ0) is 19.4. The fourth-order valence-electron chi connectivity index (χ4n) is 2.67. The number of carbonyl (C=O) groups is 1. The molecule has 1 amide bonds. The molecule has 1 heterocycles. The summed E-state index contributed by atoms with van der Waals surface area (Å²) in [5, 5.41) is 17.3. The van der Waals surface area contributed by atoms with E-state index in [1.54, 1.807) is 37.0 Å². The van der Waals surface area contributed by atoms with E-state index in [2.05, 4.69) is 10.4 Å². The van der Waals surface area contributed by atoms with Gasteiger partial charge in [0, 0.05) is 24.1 Å². The van der Waals surface area contributed by atoms with Crippen LogP contribution in [0.25, 0.3) is 11.3 Å². The number of nitrogens with one attached hydrogen (secondary N) is 1. The number of halogens is 1. The molecule has 0 aliphatic rings. The summed E-state index contributed by atoms with van der Waals surface area (Å²) in [6, 6.07) is 15.1. The molecule has 27 heavy (non-hydrogen) atoms. The van der Waals surface area contributed by atoms with Gasteiger partial charge in [0.05, 0.1) is 11.8 Å². The first-order valence-corrected chi connectivity index (χ1v) is 9.60. The van der Waals surface area contributed by atoms with Gasteiger partial charge in [-0.05, 0) is 54.3 Å². The van der Waals surface area contributed by atoms with Crippen molar-refractivity contribution in [2.24, 2.45) is 7.05 Å². The summed E-state index contributed by atoms with van der Waals surface area (Å²) in [4.78, 5) is 13.6. The van der Waals surface area contributed by atoms with Gasteiger partial charge in [-0.25, -0.2) is 4.39 Å². The third-order valence-corrected chi connectivity index (χ3v) is 4.95. The van der Waals surface area contributed by atoms with Gasteiger partial charge in [0.2, 0.25) is 0 Å². The van der Waals surface area contributed by atoms with Crippen molar-refractivity contribution in [2.75, 3.05) is 12.8 Å². The molecule has 2 N–H and O–H groups in total. The molecule has 0 bridgehead atoms. The summed E-state index contributed by atoms with van der Waals surface area (Å²) in [5.74, 6) is -0.662. The second kappa shape index (κ2) is 8.37. The number of carbonyl (C=O) groups excluding carboxylic acids is 1. The van der Waals surface area contributed by atoms with Gasteiger partial charge >= 0.3 is 0 Å². The molecule has 0 saturated carbocycles. The molecule has 140 valence electrons. The van der Waals surface area contributed by atoms with E-state index >= 15 is 0 Å². The van der Waals surface area contributed by atoms with Gasteiger partial charge in [0.15, 0.2) is 0 Å². The van der Waals surface area contributed by atoms with Crippen LogP contribution in [0.15, 0.2) is 59.5 Å². The molecule has 0 aliphatic heterocycles. The topological polar surface area (TPSA) is 67.2 Å². The number of aliphatic hydroxyl groups excluding tert-OH is 1. The fourth-order valence-corrected chi connectivity index (χ4v) is 3.07. The highest BCUT2D eigenvalue weighted by Gasteiger charge is 2.16. The maximum absolute atomic E-state index is 13.1. The zero-order valence-corrected chi connectivity index (χ0v) is 15.8. The molecule has 7 heteroatoms. The van der Waals surface area contributed by atoms with Crippen molar-refractivity contribution >= 4 is 17.7 Å². The van der Waals surface area contributed by atoms with E-state index in [-0.39, 0.29) is 18.3 Å². The highest BCUT2D eigenvalue weighted by Crippen LogP contribution is 2.20. The summed E-state index contributed by atoms with van der Waals surface area (Å²) in [6.07, 6.45) is 1.19. The van der Waals surface area contributed by atoms with Gasteiger partial charge in [-0.1, -0.05) is 12.1 Å². The molecule has 1 atom stereocenters. The number of rotatable bonds is 6. The summed E-state index contributed by atoms with van der Waals surface area (Å²) in [7, 11) is 1.67. The van der Waals surface area contributed by atoms with Crippen LogP contribution in [0.1, 0.15) is 22.2 Å². The molecule has 3 rings (SSSR count). The quantitative estimate of drug-likeness (QED) is 0.638. The monoisotopic (exact) mass is 385 g/mol. The number of nitrogens with zero attached hydrogens (tertiary/aromatic N) is 2. The van der Waals surface area contributed by atoms with E-state index < -0.39 is 6.10 Å². The number of hydrogen-bond donors (Lipinski definition) is 2. The molecule has 0 radical (unpaired) electrons. The molecule has 2 aromatic carbocycles. The number of benzene rings is 2. The number of aryl methyl sites for hydroxylation is 1. The molecule has 3 aromatic rings. The van der Waals surface area contributed by atoms with Crippen LogP contribution < -0.4 is 5.32 Å². The van der Waals surface area contributed by atoms with Crippen molar-refractivity contribution in [3.8, 4) is 11.3 Å². The number of aliphatic hydroxyl groups is 1. The smallest absolute Gasteiger partial charge is 0.269 e. The van der Waals surface area contributed by atoms with Crippen LogP contribution in [0.4, 0.5) is 4.39 Å². The average molecular weight is 385 g/mol. The van der Waals surface area contributed by atoms with Gasteiger partial charge in [0.1, 0.15) is 11.5 Å². The second-order valence-corrected chi connectivity index (χ2v) is 6.92. The Labute approximate surface area is 161 Å². The van der Waals surface area contributed by atoms with Gasteiger partial charge in [0.25, 0.3) is 5.91 Å². The number of aromatic nitrogens is 2. The molecule has 5 nitrogen and oxygen atoms in total. The van der Waals surface area contributed by atoms with Crippen molar-refractivity contribution in [1.82, 2.24) is 15.1 Å².